The van der Waals surface area contributed by atoms with Gasteiger partial charge in [0.15, 0.2) is 0 Å². The number of halogens is 2. The Morgan fingerprint density at radius 3 is 2.56 bits per heavy atom. The van der Waals surface area contributed by atoms with Gasteiger partial charge in [-0.05, 0) is 42.8 Å². The minimum Gasteiger partial charge on any atom is -0.313 e. The first-order valence-electron chi connectivity index (χ1n) is 5.87. The van der Waals surface area contributed by atoms with E-state index in [-0.39, 0.29) is 6.04 Å². The lowest BCUT2D eigenvalue weighted by Crippen LogP contribution is -2.19. The van der Waals surface area contributed by atoms with Gasteiger partial charge in [-0.2, -0.15) is 0 Å². The number of hydrogen-bond acceptors (Lipinski definition) is 1. The number of nitrogens with one attached hydrogen (secondary N) is 1. The first-order valence-corrected chi connectivity index (χ1v) is 7.04. The molecule has 0 radical (unpaired) electrons. The molecule has 18 heavy (non-hydrogen) atoms. The number of benzene rings is 2. The molecule has 0 saturated heterocycles. The van der Waals surface area contributed by atoms with Crippen LogP contribution in [0.2, 0.25) is 5.02 Å². The molecule has 0 fully saturated rings. The summed E-state index contributed by atoms with van der Waals surface area (Å²) in [5.74, 6) is 0. The van der Waals surface area contributed by atoms with Crippen LogP contribution in [0.1, 0.15) is 17.2 Å². The van der Waals surface area contributed by atoms with Crippen LogP contribution in [-0.4, -0.2) is 7.05 Å². The van der Waals surface area contributed by atoms with E-state index in [1.807, 2.05) is 31.3 Å². The highest BCUT2D eigenvalue weighted by Crippen LogP contribution is 2.28. The molecule has 0 bridgehead atoms. The van der Waals surface area contributed by atoms with Gasteiger partial charge < -0.3 is 5.32 Å². The van der Waals surface area contributed by atoms with Gasteiger partial charge in [-0.3, -0.25) is 0 Å². The van der Waals surface area contributed by atoms with Crippen molar-refractivity contribution in [1.82, 2.24) is 5.32 Å². The van der Waals surface area contributed by atoms with Gasteiger partial charge in [0.05, 0.1) is 0 Å². The van der Waals surface area contributed by atoms with Gasteiger partial charge in [0.1, 0.15) is 0 Å². The highest BCUT2D eigenvalue weighted by atomic mass is 79.9. The normalized spacial score (nSPS) is 12.4. The van der Waals surface area contributed by atoms with Gasteiger partial charge >= 0.3 is 0 Å². The summed E-state index contributed by atoms with van der Waals surface area (Å²) in [6.45, 7) is 0. The molecule has 0 heterocycles. The predicted molar refractivity (Wildman–Crippen MR) is 81.1 cm³/mol. The van der Waals surface area contributed by atoms with Crippen LogP contribution in [-0.2, 0) is 6.42 Å². The molecule has 0 saturated carbocycles. The van der Waals surface area contributed by atoms with Crippen LogP contribution in [0.5, 0.6) is 0 Å². The highest BCUT2D eigenvalue weighted by Gasteiger charge is 2.13. The van der Waals surface area contributed by atoms with Crippen LogP contribution in [0.3, 0.4) is 0 Å². The first-order chi connectivity index (χ1) is 8.70. The Morgan fingerprint density at radius 2 is 1.89 bits per heavy atom. The van der Waals surface area contributed by atoms with Crippen molar-refractivity contribution in [3.63, 3.8) is 0 Å². The second-order valence-corrected chi connectivity index (χ2v) is 5.49. The number of likely N-dealkylation sites (N-methyl/N-ethyl adjacent to an activating group) is 1. The Bertz CT molecular complexity index is 513. The van der Waals surface area contributed by atoms with Crippen molar-refractivity contribution in [2.24, 2.45) is 0 Å². The third kappa shape index (κ3) is 3.35. The van der Waals surface area contributed by atoms with Crippen molar-refractivity contribution >= 4 is 27.5 Å². The average Bonchev–Trinajstić information content (AvgIpc) is 2.40. The second-order valence-electron chi connectivity index (χ2n) is 4.20. The molecule has 1 nitrogen and oxygen atoms in total. The van der Waals surface area contributed by atoms with Gasteiger partial charge in [0, 0.05) is 15.5 Å². The van der Waals surface area contributed by atoms with E-state index in [0.717, 1.165) is 15.9 Å². The molecular formula is C15H15BrClN. The van der Waals surface area contributed by atoms with Gasteiger partial charge in [-0.15, -0.1) is 0 Å². The molecule has 94 valence electrons. The Kier molecular flexibility index (Phi) is 4.81. The monoisotopic (exact) mass is 323 g/mol. The van der Waals surface area contributed by atoms with E-state index >= 15 is 0 Å². The molecule has 0 aliphatic carbocycles. The molecule has 0 aliphatic rings. The fraction of sp³-hybridized carbons (Fsp3) is 0.200. The smallest absolute Gasteiger partial charge is 0.0410 e. The lowest BCUT2D eigenvalue weighted by Gasteiger charge is -2.18. The summed E-state index contributed by atoms with van der Waals surface area (Å²) in [7, 11) is 1.97. The molecule has 0 aliphatic heterocycles. The van der Waals surface area contributed by atoms with Crippen molar-refractivity contribution < 1.29 is 0 Å². The Morgan fingerprint density at radius 1 is 1.17 bits per heavy atom. The lowest BCUT2D eigenvalue weighted by molar-refractivity contribution is 0.590. The zero-order valence-corrected chi connectivity index (χ0v) is 12.5. The minimum atomic E-state index is 0.250. The molecule has 2 aromatic carbocycles. The van der Waals surface area contributed by atoms with E-state index in [4.69, 9.17) is 11.6 Å². The maximum atomic E-state index is 6.07. The topological polar surface area (TPSA) is 12.0 Å². The third-order valence-corrected chi connectivity index (χ3v) is 3.92. The van der Waals surface area contributed by atoms with Crippen LogP contribution in [0, 0.1) is 0 Å². The third-order valence-electron chi connectivity index (χ3n) is 2.96. The molecule has 2 aromatic rings. The van der Waals surface area contributed by atoms with E-state index in [1.165, 1.54) is 11.1 Å². The highest BCUT2D eigenvalue weighted by molar-refractivity contribution is 9.10. The summed E-state index contributed by atoms with van der Waals surface area (Å²) in [4.78, 5) is 0. The summed E-state index contributed by atoms with van der Waals surface area (Å²) >= 11 is 9.66. The summed E-state index contributed by atoms with van der Waals surface area (Å²) in [5.41, 5.74) is 2.50. The molecule has 0 amide bonds. The Labute approximate surface area is 121 Å². The second kappa shape index (κ2) is 6.37. The SMILES string of the molecule is CNC(Cc1ccccc1)c1cc(Cl)ccc1Br. The molecule has 0 spiro atoms. The van der Waals surface area contributed by atoms with E-state index in [0.29, 0.717) is 0 Å². The largest absolute Gasteiger partial charge is 0.313 e. The Balaban J connectivity index is 2.26. The molecule has 2 rings (SSSR count). The van der Waals surface area contributed by atoms with Gasteiger partial charge in [0.2, 0.25) is 0 Å². The fourth-order valence-electron chi connectivity index (χ4n) is 2.00. The predicted octanol–water partition coefficient (Wildman–Crippen LogP) is 4.61. The van der Waals surface area contributed by atoms with Gasteiger partial charge in [-0.1, -0.05) is 57.9 Å². The standard InChI is InChI=1S/C15H15BrClN/c1-18-15(9-11-5-3-2-4-6-11)13-10-12(17)7-8-14(13)16/h2-8,10,15,18H,9H2,1H3. The molecule has 1 N–H and O–H groups in total. The van der Waals surface area contributed by atoms with Crippen molar-refractivity contribution in [3.05, 3.63) is 69.2 Å². The van der Waals surface area contributed by atoms with Gasteiger partial charge in [-0.25, -0.2) is 0 Å². The van der Waals surface area contributed by atoms with Crippen LogP contribution in [0.4, 0.5) is 0 Å². The molecule has 3 heteroatoms. The average molecular weight is 325 g/mol. The zero-order valence-electron chi connectivity index (χ0n) is 10.2. The lowest BCUT2D eigenvalue weighted by atomic mass is 9.99. The number of hydrogen-bond donors (Lipinski definition) is 1. The fourth-order valence-corrected chi connectivity index (χ4v) is 2.70. The maximum Gasteiger partial charge on any atom is 0.0410 e. The van der Waals surface area contributed by atoms with Crippen molar-refractivity contribution in [3.8, 4) is 0 Å². The summed E-state index contributed by atoms with van der Waals surface area (Å²) < 4.78 is 1.09. The Hall–Kier alpha value is -0.830. The van der Waals surface area contributed by atoms with Gasteiger partial charge in [0.25, 0.3) is 0 Å². The summed E-state index contributed by atoms with van der Waals surface area (Å²) in [6, 6.07) is 16.6. The van der Waals surface area contributed by atoms with Crippen LogP contribution >= 0.6 is 27.5 Å². The van der Waals surface area contributed by atoms with Crippen LogP contribution < -0.4 is 5.32 Å². The first kappa shape index (κ1) is 13.6. The summed E-state index contributed by atoms with van der Waals surface area (Å²) in [6.07, 6.45) is 0.941. The quantitative estimate of drug-likeness (QED) is 0.866. The van der Waals surface area contributed by atoms with Crippen molar-refractivity contribution in [1.29, 1.82) is 0 Å². The molecule has 1 unspecified atom stereocenters. The van der Waals surface area contributed by atoms with E-state index in [2.05, 4.69) is 45.5 Å². The summed E-state index contributed by atoms with van der Waals surface area (Å²) in [5, 5.41) is 4.11. The van der Waals surface area contributed by atoms with E-state index in [9.17, 15) is 0 Å². The molecular weight excluding hydrogens is 310 g/mol. The number of rotatable bonds is 4. The van der Waals surface area contributed by atoms with Crippen molar-refractivity contribution in [2.75, 3.05) is 7.05 Å². The molecule has 1 atom stereocenters. The molecule has 0 aromatic heterocycles. The minimum absolute atomic E-state index is 0.250. The van der Waals surface area contributed by atoms with Crippen LogP contribution in [0.15, 0.2) is 53.0 Å². The van der Waals surface area contributed by atoms with E-state index < -0.39 is 0 Å². The van der Waals surface area contributed by atoms with Crippen LogP contribution in [0.25, 0.3) is 0 Å². The van der Waals surface area contributed by atoms with E-state index in [1.54, 1.807) is 0 Å². The maximum absolute atomic E-state index is 6.07. The van der Waals surface area contributed by atoms with Crippen molar-refractivity contribution in [2.45, 2.75) is 12.5 Å². The zero-order chi connectivity index (χ0) is 13.0.